The van der Waals surface area contributed by atoms with E-state index in [2.05, 4.69) is 32.3 Å². The maximum Gasteiger partial charge on any atom is 0.144 e. The Morgan fingerprint density at radius 1 is 1.24 bits per heavy atom. The van der Waals surface area contributed by atoms with Crippen molar-refractivity contribution in [2.24, 2.45) is 0 Å². The van der Waals surface area contributed by atoms with E-state index in [0.29, 0.717) is 17.9 Å². The summed E-state index contributed by atoms with van der Waals surface area (Å²) in [6.07, 6.45) is 1.67. The van der Waals surface area contributed by atoms with E-state index in [1.165, 1.54) is 0 Å². The normalized spacial score (nSPS) is 9.65. The Morgan fingerprint density at radius 3 is 2.82 bits per heavy atom. The van der Waals surface area contributed by atoms with Crippen LogP contribution < -0.4 is 5.32 Å². The Balaban J connectivity index is 2.13. The summed E-state index contributed by atoms with van der Waals surface area (Å²) >= 11 is 3.48. The monoisotopic (exact) mass is 287 g/mol. The molecule has 0 fully saturated rings. The molecule has 0 aliphatic rings. The first kappa shape index (κ1) is 11.6. The number of halogens is 1. The van der Waals surface area contributed by atoms with Crippen molar-refractivity contribution >= 4 is 21.7 Å². The van der Waals surface area contributed by atoms with Gasteiger partial charge in [-0.05, 0) is 23.8 Å². The Hall–Kier alpha value is -1.86. The van der Waals surface area contributed by atoms with Crippen molar-refractivity contribution in [2.45, 2.75) is 6.54 Å². The van der Waals surface area contributed by atoms with Gasteiger partial charge in [0.2, 0.25) is 0 Å². The average Bonchev–Trinajstić information content (AvgIpc) is 2.38. The summed E-state index contributed by atoms with van der Waals surface area (Å²) in [5.41, 5.74) is 1.68. The molecule has 0 spiro atoms. The summed E-state index contributed by atoms with van der Waals surface area (Å²) in [7, 11) is 0. The lowest BCUT2D eigenvalue weighted by Crippen LogP contribution is -2.03. The first-order valence-corrected chi connectivity index (χ1v) is 5.93. The fourth-order valence-corrected chi connectivity index (χ4v) is 1.88. The first-order chi connectivity index (χ1) is 8.31. The molecule has 0 amide bonds. The van der Waals surface area contributed by atoms with Gasteiger partial charge in [0, 0.05) is 17.2 Å². The smallest absolute Gasteiger partial charge is 0.144 e. The molecule has 1 aromatic carbocycles. The molecule has 1 N–H and O–H groups in total. The predicted molar refractivity (Wildman–Crippen MR) is 70.4 cm³/mol. The summed E-state index contributed by atoms with van der Waals surface area (Å²) < 4.78 is 1.04. The van der Waals surface area contributed by atoms with Crippen LogP contribution in [-0.4, -0.2) is 4.98 Å². The van der Waals surface area contributed by atoms with Crippen molar-refractivity contribution in [1.82, 2.24) is 4.98 Å². The van der Waals surface area contributed by atoms with Crippen LogP contribution in [0.3, 0.4) is 0 Å². The quantitative estimate of drug-likeness (QED) is 0.942. The molecule has 0 aliphatic carbocycles. The third kappa shape index (κ3) is 2.83. The molecule has 0 radical (unpaired) electrons. The van der Waals surface area contributed by atoms with Gasteiger partial charge in [-0.15, -0.1) is 0 Å². The Bertz CT molecular complexity index is 561. The predicted octanol–water partition coefficient (Wildman–Crippen LogP) is 3.33. The van der Waals surface area contributed by atoms with Crippen LogP contribution in [0.5, 0.6) is 0 Å². The van der Waals surface area contributed by atoms with E-state index in [9.17, 15) is 0 Å². The van der Waals surface area contributed by atoms with Crippen molar-refractivity contribution < 1.29 is 0 Å². The van der Waals surface area contributed by atoms with Gasteiger partial charge in [-0.3, -0.25) is 0 Å². The van der Waals surface area contributed by atoms with Gasteiger partial charge in [-0.25, -0.2) is 4.98 Å². The van der Waals surface area contributed by atoms with Crippen LogP contribution in [0.4, 0.5) is 5.82 Å². The van der Waals surface area contributed by atoms with Gasteiger partial charge >= 0.3 is 0 Å². The topological polar surface area (TPSA) is 48.7 Å². The number of hydrogen-bond acceptors (Lipinski definition) is 3. The molecule has 2 rings (SSSR count). The van der Waals surface area contributed by atoms with Crippen molar-refractivity contribution in [3.63, 3.8) is 0 Å². The number of pyridine rings is 1. The molecule has 0 saturated heterocycles. The van der Waals surface area contributed by atoms with Crippen LogP contribution in [-0.2, 0) is 6.54 Å². The number of nitrogens with one attached hydrogen (secondary N) is 1. The highest BCUT2D eigenvalue weighted by Gasteiger charge is 2.03. The molecule has 0 saturated carbocycles. The van der Waals surface area contributed by atoms with E-state index < -0.39 is 0 Å². The summed E-state index contributed by atoms with van der Waals surface area (Å²) in [5.74, 6) is 0.616. The van der Waals surface area contributed by atoms with Gasteiger partial charge in [0.05, 0.1) is 5.56 Å². The van der Waals surface area contributed by atoms with Crippen LogP contribution in [0, 0.1) is 11.3 Å². The zero-order chi connectivity index (χ0) is 12.1. The zero-order valence-corrected chi connectivity index (χ0v) is 10.6. The van der Waals surface area contributed by atoms with Crippen LogP contribution >= 0.6 is 15.9 Å². The van der Waals surface area contributed by atoms with E-state index in [0.717, 1.165) is 10.0 Å². The number of nitrogens with zero attached hydrogens (tertiary/aromatic N) is 2. The Kier molecular flexibility index (Phi) is 3.73. The molecule has 0 unspecified atom stereocenters. The standard InChI is InChI=1S/C13H10BrN3/c14-12-6-2-1-4-11(12)9-17-13-10(8-15)5-3-7-16-13/h1-7H,9H2,(H,16,17). The van der Waals surface area contributed by atoms with E-state index in [4.69, 9.17) is 5.26 Å². The molecule has 0 aliphatic heterocycles. The van der Waals surface area contributed by atoms with E-state index in [1.54, 1.807) is 18.3 Å². The molecule has 3 nitrogen and oxygen atoms in total. The molecule has 17 heavy (non-hydrogen) atoms. The second-order valence-corrected chi connectivity index (χ2v) is 4.31. The maximum absolute atomic E-state index is 8.93. The lowest BCUT2D eigenvalue weighted by molar-refractivity contribution is 1.10. The maximum atomic E-state index is 8.93. The van der Waals surface area contributed by atoms with Crippen molar-refractivity contribution in [1.29, 1.82) is 5.26 Å². The number of rotatable bonds is 3. The minimum absolute atomic E-state index is 0.555. The van der Waals surface area contributed by atoms with Crippen molar-refractivity contribution in [3.8, 4) is 6.07 Å². The highest BCUT2D eigenvalue weighted by Crippen LogP contribution is 2.18. The average molecular weight is 288 g/mol. The third-order valence-electron chi connectivity index (χ3n) is 2.33. The fraction of sp³-hybridized carbons (Fsp3) is 0.0769. The molecule has 1 heterocycles. The van der Waals surface area contributed by atoms with Crippen LogP contribution in [0.1, 0.15) is 11.1 Å². The van der Waals surface area contributed by atoms with Crippen LogP contribution in [0.15, 0.2) is 47.1 Å². The number of benzene rings is 1. The molecule has 2 aromatic rings. The van der Waals surface area contributed by atoms with Gasteiger partial charge in [-0.1, -0.05) is 34.1 Å². The molecule has 0 atom stereocenters. The summed E-state index contributed by atoms with van der Waals surface area (Å²) in [6, 6.07) is 13.6. The van der Waals surface area contributed by atoms with Crippen LogP contribution in [0.25, 0.3) is 0 Å². The molecule has 4 heteroatoms. The second-order valence-electron chi connectivity index (χ2n) is 3.46. The summed E-state index contributed by atoms with van der Waals surface area (Å²) in [4.78, 5) is 4.15. The highest BCUT2D eigenvalue weighted by atomic mass is 79.9. The van der Waals surface area contributed by atoms with Gasteiger partial charge in [0.15, 0.2) is 0 Å². The third-order valence-corrected chi connectivity index (χ3v) is 3.11. The number of hydrogen-bond donors (Lipinski definition) is 1. The highest BCUT2D eigenvalue weighted by molar-refractivity contribution is 9.10. The zero-order valence-electron chi connectivity index (χ0n) is 9.02. The SMILES string of the molecule is N#Cc1cccnc1NCc1ccccc1Br. The van der Waals surface area contributed by atoms with Crippen molar-refractivity contribution in [2.75, 3.05) is 5.32 Å². The van der Waals surface area contributed by atoms with Gasteiger partial charge in [-0.2, -0.15) is 5.26 Å². The van der Waals surface area contributed by atoms with Crippen LogP contribution in [0.2, 0.25) is 0 Å². The largest absolute Gasteiger partial charge is 0.365 e. The van der Waals surface area contributed by atoms with E-state index in [-0.39, 0.29) is 0 Å². The van der Waals surface area contributed by atoms with E-state index >= 15 is 0 Å². The van der Waals surface area contributed by atoms with Crippen molar-refractivity contribution in [3.05, 3.63) is 58.2 Å². The molecule has 1 aromatic heterocycles. The van der Waals surface area contributed by atoms with Gasteiger partial charge in [0.1, 0.15) is 11.9 Å². The lowest BCUT2D eigenvalue weighted by Gasteiger charge is -2.08. The number of aromatic nitrogens is 1. The minimum atomic E-state index is 0.555. The first-order valence-electron chi connectivity index (χ1n) is 5.13. The summed E-state index contributed by atoms with van der Waals surface area (Å²) in [6.45, 7) is 0.632. The van der Waals surface area contributed by atoms with E-state index in [1.807, 2.05) is 24.3 Å². The number of nitriles is 1. The second kappa shape index (κ2) is 5.46. The Morgan fingerprint density at radius 2 is 2.06 bits per heavy atom. The summed E-state index contributed by atoms with van der Waals surface area (Å²) in [5, 5.41) is 12.1. The minimum Gasteiger partial charge on any atom is -0.365 e. The molecule has 0 bridgehead atoms. The van der Waals surface area contributed by atoms with Gasteiger partial charge in [0.25, 0.3) is 0 Å². The van der Waals surface area contributed by atoms with Gasteiger partial charge < -0.3 is 5.32 Å². The molecular weight excluding hydrogens is 278 g/mol. The molecular formula is C13H10BrN3. The Labute approximate surface area is 108 Å². The number of anilines is 1. The lowest BCUT2D eigenvalue weighted by atomic mass is 10.2. The molecule has 84 valence electrons. The fourth-order valence-electron chi connectivity index (χ4n) is 1.46.